The summed E-state index contributed by atoms with van der Waals surface area (Å²) in [6.07, 6.45) is 3.45. The molecule has 0 heterocycles. The lowest BCUT2D eigenvalue weighted by molar-refractivity contribution is 1.54. The van der Waals surface area contributed by atoms with Gasteiger partial charge in [0.1, 0.15) is 23.2 Å². The van der Waals surface area contributed by atoms with Crippen LogP contribution in [-0.4, -0.2) is 6.16 Å². The molecule has 0 atom stereocenters. The summed E-state index contributed by atoms with van der Waals surface area (Å²) in [7, 11) is -1.80. The van der Waals surface area contributed by atoms with E-state index >= 15 is 0 Å². The Kier molecular flexibility index (Phi) is 6.03. The van der Waals surface area contributed by atoms with Gasteiger partial charge in [-0.25, -0.2) is 0 Å². The van der Waals surface area contributed by atoms with Gasteiger partial charge in [-0.1, -0.05) is 84.9 Å². The molecule has 0 bridgehead atoms. The SMILES string of the molecule is CC(=CC[P+](c1ccccc1)(c1ccccc1)c1ccccc1)c1ccccc1. The second kappa shape index (κ2) is 9.03. The largest absolute Gasteiger partial charge is 0.115 e. The molecule has 0 amide bonds. The highest BCUT2D eigenvalue weighted by Gasteiger charge is 2.44. The Balaban J connectivity index is 1.91. The summed E-state index contributed by atoms with van der Waals surface area (Å²) in [6.45, 7) is 2.23. The fraction of sp³-hybridized carbons (Fsp3) is 0.0714. The average Bonchev–Trinajstić information content (AvgIpc) is 2.82. The van der Waals surface area contributed by atoms with Gasteiger partial charge in [-0.15, -0.1) is 0 Å². The van der Waals surface area contributed by atoms with E-state index in [2.05, 4.69) is 134 Å². The van der Waals surface area contributed by atoms with Crippen molar-refractivity contribution in [3.63, 3.8) is 0 Å². The number of benzene rings is 4. The first-order chi connectivity index (χ1) is 14.3. The first kappa shape index (κ1) is 19.4. The molecule has 29 heavy (non-hydrogen) atoms. The van der Waals surface area contributed by atoms with Gasteiger partial charge in [0.2, 0.25) is 0 Å². The molecule has 0 radical (unpaired) electrons. The summed E-state index contributed by atoms with van der Waals surface area (Å²) in [5.41, 5.74) is 2.62. The highest BCUT2D eigenvalue weighted by Crippen LogP contribution is 2.55. The van der Waals surface area contributed by atoms with Gasteiger partial charge >= 0.3 is 0 Å². The van der Waals surface area contributed by atoms with Crippen molar-refractivity contribution in [2.45, 2.75) is 6.92 Å². The third kappa shape index (κ3) is 4.09. The zero-order chi connectivity index (χ0) is 19.9. The molecule has 4 rings (SSSR count). The molecular formula is C28H26P+. The molecule has 0 fully saturated rings. The van der Waals surface area contributed by atoms with Crippen LogP contribution < -0.4 is 15.9 Å². The van der Waals surface area contributed by atoms with E-state index in [0.29, 0.717) is 0 Å². The molecule has 0 aliphatic rings. The maximum Gasteiger partial charge on any atom is 0.115 e. The first-order valence-corrected chi connectivity index (χ1v) is 12.1. The summed E-state index contributed by atoms with van der Waals surface area (Å²) >= 11 is 0. The van der Waals surface area contributed by atoms with Crippen LogP contribution >= 0.6 is 7.26 Å². The van der Waals surface area contributed by atoms with Gasteiger partial charge in [0.15, 0.2) is 0 Å². The maximum absolute atomic E-state index is 2.44. The minimum atomic E-state index is -1.80. The lowest BCUT2D eigenvalue weighted by atomic mass is 10.1. The molecule has 0 aliphatic heterocycles. The molecule has 1 heteroatoms. The van der Waals surface area contributed by atoms with E-state index in [1.165, 1.54) is 27.1 Å². The Hall–Kier alpha value is -2.95. The van der Waals surface area contributed by atoms with E-state index in [1.807, 2.05) is 0 Å². The standard InChI is InChI=1S/C28H26P/c1-24(25-14-6-2-7-15-25)22-23-29(26-16-8-3-9-17-26,27-18-10-4-11-19-27)28-20-12-5-13-21-28/h2-22H,23H2,1H3/q+1. The Bertz CT molecular complexity index is 956. The lowest BCUT2D eigenvalue weighted by Crippen LogP contribution is -2.32. The van der Waals surface area contributed by atoms with Crippen molar-refractivity contribution in [1.29, 1.82) is 0 Å². The van der Waals surface area contributed by atoms with Crippen LogP contribution in [0, 0.1) is 0 Å². The summed E-state index contributed by atoms with van der Waals surface area (Å²) in [6, 6.07) is 43.9. The fourth-order valence-corrected chi connectivity index (χ4v) is 8.02. The van der Waals surface area contributed by atoms with Crippen molar-refractivity contribution in [3.8, 4) is 0 Å². The number of hydrogen-bond donors (Lipinski definition) is 0. The topological polar surface area (TPSA) is 0 Å². The van der Waals surface area contributed by atoms with Crippen LogP contribution in [0.1, 0.15) is 12.5 Å². The van der Waals surface area contributed by atoms with Crippen LogP contribution in [0.4, 0.5) is 0 Å². The van der Waals surface area contributed by atoms with Crippen molar-refractivity contribution >= 4 is 28.7 Å². The highest BCUT2D eigenvalue weighted by atomic mass is 31.2. The third-order valence-electron chi connectivity index (χ3n) is 5.49. The second-order valence-electron chi connectivity index (χ2n) is 7.25. The highest BCUT2D eigenvalue weighted by molar-refractivity contribution is 7.95. The molecule has 0 aromatic heterocycles. The van der Waals surface area contributed by atoms with Crippen LogP contribution in [0.3, 0.4) is 0 Å². The van der Waals surface area contributed by atoms with Crippen molar-refractivity contribution in [1.82, 2.24) is 0 Å². The molecule has 0 spiro atoms. The normalized spacial score (nSPS) is 12.0. The van der Waals surface area contributed by atoms with Crippen LogP contribution in [0.5, 0.6) is 0 Å². The molecule has 0 saturated carbocycles. The van der Waals surface area contributed by atoms with E-state index in [-0.39, 0.29) is 0 Å². The molecular weight excluding hydrogens is 367 g/mol. The monoisotopic (exact) mass is 393 g/mol. The quantitative estimate of drug-likeness (QED) is 0.348. The Labute approximate surface area is 174 Å². The van der Waals surface area contributed by atoms with Gasteiger partial charge in [0, 0.05) is 0 Å². The molecule has 0 nitrogen and oxygen atoms in total. The van der Waals surface area contributed by atoms with Gasteiger partial charge in [-0.2, -0.15) is 0 Å². The van der Waals surface area contributed by atoms with Gasteiger partial charge in [0.05, 0.1) is 6.16 Å². The Morgan fingerprint density at radius 3 is 1.28 bits per heavy atom. The molecule has 0 aliphatic carbocycles. The van der Waals surface area contributed by atoms with E-state index in [1.54, 1.807) is 0 Å². The molecule has 4 aromatic carbocycles. The third-order valence-corrected chi connectivity index (χ3v) is 9.76. The smallest absolute Gasteiger partial charge is 0.0622 e. The molecule has 142 valence electrons. The van der Waals surface area contributed by atoms with E-state index in [4.69, 9.17) is 0 Å². The number of allylic oxidation sites excluding steroid dienone is 2. The molecule has 0 N–H and O–H groups in total. The van der Waals surface area contributed by atoms with Crippen molar-refractivity contribution in [2.24, 2.45) is 0 Å². The predicted molar refractivity (Wildman–Crippen MR) is 130 cm³/mol. The predicted octanol–water partition coefficient (Wildman–Crippen LogP) is 6.08. The fourth-order valence-electron chi connectivity index (χ4n) is 3.90. The van der Waals surface area contributed by atoms with Gasteiger partial charge in [-0.3, -0.25) is 0 Å². The first-order valence-electron chi connectivity index (χ1n) is 10.1. The minimum absolute atomic E-state index is 1.01. The van der Waals surface area contributed by atoms with Gasteiger partial charge in [0.25, 0.3) is 0 Å². The zero-order valence-electron chi connectivity index (χ0n) is 16.8. The van der Waals surface area contributed by atoms with E-state index in [9.17, 15) is 0 Å². The number of rotatable bonds is 6. The van der Waals surface area contributed by atoms with Crippen LogP contribution in [0.2, 0.25) is 0 Å². The van der Waals surface area contributed by atoms with Crippen LogP contribution in [0.15, 0.2) is 127 Å². The minimum Gasteiger partial charge on any atom is -0.0622 e. The summed E-state index contributed by atoms with van der Waals surface area (Å²) in [5.74, 6) is 0. The molecule has 0 unspecified atom stereocenters. The van der Waals surface area contributed by atoms with Crippen molar-refractivity contribution < 1.29 is 0 Å². The zero-order valence-corrected chi connectivity index (χ0v) is 17.7. The van der Waals surface area contributed by atoms with Gasteiger partial charge in [-0.05, 0) is 60.5 Å². The van der Waals surface area contributed by atoms with Crippen LogP contribution in [-0.2, 0) is 0 Å². The second-order valence-corrected chi connectivity index (χ2v) is 10.8. The molecule has 4 aromatic rings. The number of hydrogen-bond acceptors (Lipinski definition) is 0. The average molecular weight is 393 g/mol. The summed E-state index contributed by atoms with van der Waals surface area (Å²) in [5, 5.41) is 4.28. The summed E-state index contributed by atoms with van der Waals surface area (Å²) < 4.78 is 0. The van der Waals surface area contributed by atoms with Crippen LogP contribution in [0.25, 0.3) is 5.57 Å². The van der Waals surface area contributed by atoms with E-state index in [0.717, 1.165) is 6.16 Å². The molecule has 0 saturated heterocycles. The maximum atomic E-state index is 2.44. The van der Waals surface area contributed by atoms with Gasteiger partial charge < -0.3 is 0 Å². The van der Waals surface area contributed by atoms with Crippen molar-refractivity contribution in [3.05, 3.63) is 133 Å². The van der Waals surface area contributed by atoms with E-state index < -0.39 is 7.26 Å². The summed E-state index contributed by atoms with van der Waals surface area (Å²) in [4.78, 5) is 0. The van der Waals surface area contributed by atoms with Crippen molar-refractivity contribution in [2.75, 3.05) is 6.16 Å². The lowest BCUT2D eigenvalue weighted by Gasteiger charge is -2.27. The Morgan fingerprint density at radius 2 is 0.897 bits per heavy atom. The Morgan fingerprint density at radius 1 is 0.552 bits per heavy atom.